The Bertz CT molecular complexity index is 1190. The van der Waals surface area contributed by atoms with E-state index >= 15 is 0 Å². The van der Waals surface area contributed by atoms with E-state index in [0.29, 0.717) is 35.2 Å². The number of carbonyl (C=O) groups excluding carboxylic acids is 1. The van der Waals surface area contributed by atoms with Crippen LogP contribution < -0.4 is 24.3 Å². The van der Waals surface area contributed by atoms with Crippen molar-refractivity contribution in [1.29, 1.82) is 5.26 Å². The Morgan fingerprint density at radius 1 is 1.15 bits per heavy atom. The molecular formula is C25H25N3O5S. The lowest BCUT2D eigenvalue weighted by Crippen LogP contribution is -2.25. The molecule has 0 aliphatic rings. The maximum Gasteiger partial charge on any atom is 0.245 e. The zero-order chi connectivity index (χ0) is 24.5. The van der Waals surface area contributed by atoms with E-state index in [0.717, 1.165) is 16.3 Å². The normalized spacial score (nSPS) is 11.5. The van der Waals surface area contributed by atoms with Gasteiger partial charge in [0.2, 0.25) is 11.7 Å². The lowest BCUT2D eigenvalue weighted by Gasteiger charge is -2.17. The van der Waals surface area contributed by atoms with Gasteiger partial charge in [-0.05, 0) is 36.8 Å². The summed E-state index contributed by atoms with van der Waals surface area (Å²) in [5, 5.41) is 15.3. The third-order valence-electron chi connectivity index (χ3n) is 4.81. The van der Waals surface area contributed by atoms with Gasteiger partial charge in [0.05, 0.1) is 38.1 Å². The fourth-order valence-electron chi connectivity index (χ4n) is 3.19. The van der Waals surface area contributed by atoms with Gasteiger partial charge in [0.25, 0.3) is 0 Å². The van der Waals surface area contributed by atoms with E-state index in [1.807, 2.05) is 36.6 Å². The number of nitrogens with one attached hydrogen (secondary N) is 1. The summed E-state index contributed by atoms with van der Waals surface area (Å²) in [5.74, 6) is 1.37. The van der Waals surface area contributed by atoms with E-state index < -0.39 is 11.9 Å². The standard InChI is InChI=1S/C25H25N3O5S/c1-16-27-19(15-34-16)14-33-21-8-6-5-7-17(21)9-10-24(29)28-20(13-26)18-11-22(30-2)25(32-4)23(12-18)31-3/h5-12,15,20H,14H2,1-4H3,(H,28,29)/b10-9-/t20-/m0/s1. The number of amides is 1. The molecule has 2 aromatic carbocycles. The Hall–Kier alpha value is -4.03. The fourth-order valence-corrected chi connectivity index (χ4v) is 3.79. The van der Waals surface area contributed by atoms with Crippen molar-refractivity contribution >= 4 is 23.3 Å². The van der Waals surface area contributed by atoms with E-state index in [4.69, 9.17) is 18.9 Å². The van der Waals surface area contributed by atoms with Crippen molar-refractivity contribution in [3.05, 3.63) is 69.7 Å². The summed E-state index contributed by atoms with van der Waals surface area (Å²) in [5.41, 5.74) is 2.08. The highest BCUT2D eigenvalue weighted by atomic mass is 32.1. The van der Waals surface area contributed by atoms with E-state index in [2.05, 4.69) is 16.4 Å². The molecule has 3 aromatic rings. The summed E-state index contributed by atoms with van der Waals surface area (Å²) in [6, 6.07) is 11.8. The minimum atomic E-state index is -0.926. The van der Waals surface area contributed by atoms with Crippen LogP contribution in [0.5, 0.6) is 23.0 Å². The molecule has 0 unspecified atom stereocenters. The van der Waals surface area contributed by atoms with Gasteiger partial charge in [0, 0.05) is 17.0 Å². The number of thiazole rings is 1. The second-order valence-corrected chi connectivity index (χ2v) is 8.11. The molecule has 0 radical (unpaired) electrons. The number of hydrogen-bond acceptors (Lipinski definition) is 8. The van der Waals surface area contributed by atoms with Gasteiger partial charge in [-0.3, -0.25) is 4.79 Å². The maximum absolute atomic E-state index is 12.6. The number of nitrogens with zero attached hydrogens (tertiary/aromatic N) is 2. The summed E-state index contributed by atoms with van der Waals surface area (Å²) in [4.78, 5) is 17.0. The van der Waals surface area contributed by atoms with E-state index in [1.165, 1.54) is 27.4 Å². The second-order valence-electron chi connectivity index (χ2n) is 7.05. The van der Waals surface area contributed by atoms with Crippen LogP contribution in [-0.2, 0) is 11.4 Å². The first-order valence-electron chi connectivity index (χ1n) is 10.3. The van der Waals surface area contributed by atoms with Crippen molar-refractivity contribution in [2.75, 3.05) is 21.3 Å². The third kappa shape index (κ3) is 6.05. The molecule has 1 heterocycles. The van der Waals surface area contributed by atoms with Gasteiger partial charge >= 0.3 is 0 Å². The molecule has 0 bridgehead atoms. The quantitative estimate of drug-likeness (QED) is 0.429. The smallest absolute Gasteiger partial charge is 0.245 e. The molecule has 1 aromatic heterocycles. The minimum Gasteiger partial charge on any atom is -0.493 e. The van der Waals surface area contributed by atoms with Crippen LogP contribution in [0.2, 0.25) is 0 Å². The number of aryl methyl sites for hydroxylation is 1. The summed E-state index contributed by atoms with van der Waals surface area (Å²) >= 11 is 1.56. The fraction of sp³-hybridized carbons (Fsp3) is 0.240. The highest BCUT2D eigenvalue weighted by molar-refractivity contribution is 7.09. The number of carbonyl (C=O) groups is 1. The van der Waals surface area contributed by atoms with Crippen LogP contribution in [0.4, 0.5) is 0 Å². The molecule has 8 nitrogen and oxygen atoms in total. The number of rotatable bonds is 10. The highest BCUT2D eigenvalue weighted by Crippen LogP contribution is 2.39. The second kappa shape index (κ2) is 11.7. The maximum atomic E-state index is 12.6. The van der Waals surface area contributed by atoms with Crippen LogP contribution in [0.15, 0.2) is 47.9 Å². The topological polar surface area (TPSA) is 103 Å². The first-order valence-corrected chi connectivity index (χ1v) is 11.2. The molecule has 0 spiro atoms. The van der Waals surface area contributed by atoms with E-state index in [-0.39, 0.29) is 0 Å². The number of ether oxygens (including phenoxy) is 4. The molecule has 1 atom stereocenters. The van der Waals surface area contributed by atoms with E-state index in [1.54, 1.807) is 29.5 Å². The van der Waals surface area contributed by atoms with Gasteiger partial charge in [0.1, 0.15) is 18.4 Å². The van der Waals surface area contributed by atoms with Crippen molar-refractivity contribution in [2.45, 2.75) is 19.6 Å². The minimum absolute atomic E-state index is 0.332. The largest absolute Gasteiger partial charge is 0.493 e. The molecule has 0 saturated heterocycles. The molecule has 3 rings (SSSR count). The van der Waals surface area contributed by atoms with Crippen LogP contribution in [-0.4, -0.2) is 32.2 Å². The van der Waals surface area contributed by atoms with Crippen LogP contribution >= 0.6 is 11.3 Å². The summed E-state index contributed by atoms with van der Waals surface area (Å²) < 4.78 is 21.9. The molecule has 1 N–H and O–H groups in total. The first kappa shape index (κ1) is 24.6. The van der Waals surface area contributed by atoms with Crippen molar-refractivity contribution in [2.24, 2.45) is 0 Å². The van der Waals surface area contributed by atoms with Gasteiger partial charge in [-0.15, -0.1) is 11.3 Å². The number of para-hydroxylation sites is 1. The van der Waals surface area contributed by atoms with Gasteiger partial charge in [-0.25, -0.2) is 4.98 Å². The van der Waals surface area contributed by atoms with E-state index in [9.17, 15) is 10.1 Å². The number of methoxy groups -OCH3 is 3. The monoisotopic (exact) mass is 479 g/mol. The van der Waals surface area contributed by atoms with Crippen molar-refractivity contribution in [1.82, 2.24) is 10.3 Å². The molecule has 1 amide bonds. The Kier molecular flexibility index (Phi) is 8.48. The summed E-state index contributed by atoms with van der Waals surface area (Å²) in [6.07, 6.45) is 3.00. The Balaban J connectivity index is 1.72. The number of aromatic nitrogens is 1. The van der Waals surface area contributed by atoms with Crippen molar-refractivity contribution in [3.8, 4) is 29.1 Å². The molecule has 176 valence electrons. The number of benzene rings is 2. The molecule has 0 aliphatic carbocycles. The van der Waals surface area contributed by atoms with Crippen LogP contribution in [0, 0.1) is 18.3 Å². The van der Waals surface area contributed by atoms with Crippen LogP contribution in [0.3, 0.4) is 0 Å². The molecule has 34 heavy (non-hydrogen) atoms. The third-order valence-corrected chi connectivity index (χ3v) is 5.63. The molecule has 9 heteroatoms. The van der Waals surface area contributed by atoms with Crippen molar-refractivity contribution in [3.63, 3.8) is 0 Å². The Morgan fingerprint density at radius 2 is 1.85 bits per heavy atom. The lowest BCUT2D eigenvalue weighted by molar-refractivity contribution is -0.116. The SMILES string of the molecule is COc1cc([C@H](C#N)NC(=O)/C=C\c2ccccc2OCc2csc(C)n2)cc(OC)c1OC. The number of hydrogen-bond donors (Lipinski definition) is 1. The van der Waals surface area contributed by atoms with Gasteiger partial charge in [-0.1, -0.05) is 18.2 Å². The number of nitriles is 1. The average Bonchev–Trinajstić information content (AvgIpc) is 3.29. The first-order chi connectivity index (χ1) is 16.5. The average molecular weight is 480 g/mol. The summed E-state index contributed by atoms with van der Waals surface area (Å²) in [6.45, 7) is 2.27. The highest BCUT2D eigenvalue weighted by Gasteiger charge is 2.19. The van der Waals surface area contributed by atoms with Crippen LogP contribution in [0.25, 0.3) is 6.08 Å². The molecule has 0 saturated carbocycles. The van der Waals surface area contributed by atoms with Gasteiger partial charge in [-0.2, -0.15) is 5.26 Å². The molecule has 0 aliphatic heterocycles. The summed E-state index contributed by atoms with van der Waals surface area (Å²) in [7, 11) is 4.46. The zero-order valence-corrected chi connectivity index (χ0v) is 20.1. The Labute approximate surface area is 202 Å². The Morgan fingerprint density at radius 3 is 2.44 bits per heavy atom. The van der Waals surface area contributed by atoms with Crippen molar-refractivity contribution < 1.29 is 23.7 Å². The predicted molar refractivity (Wildman–Crippen MR) is 129 cm³/mol. The predicted octanol–water partition coefficient (Wildman–Crippen LogP) is 4.45. The van der Waals surface area contributed by atoms with Crippen LogP contribution in [0.1, 0.15) is 27.9 Å². The molecule has 0 fully saturated rings. The van der Waals surface area contributed by atoms with Gasteiger partial charge < -0.3 is 24.3 Å². The molecular weight excluding hydrogens is 454 g/mol. The van der Waals surface area contributed by atoms with Gasteiger partial charge in [0.15, 0.2) is 11.5 Å². The zero-order valence-electron chi connectivity index (χ0n) is 19.3. The lowest BCUT2D eigenvalue weighted by atomic mass is 10.1.